The van der Waals surface area contributed by atoms with Crippen LogP contribution in [-0.2, 0) is 4.74 Å². The monoisotopic (exact) mass is 254 g/mol. The highest BCUT2D eigenvalue weighted by Gasteiger charge is 2.33. The van der Waals surface area contributed by atoms with Crippen molar-refractivity contribution in [1.82, 2.24) is 10.2 Å². The molecule has 1 heterocycles. The third-order valence-corrected chi connectivity index (χ3v) is 3.55. The summed E-state index contributed by atoms with van der Waals surface area (Å²) in [5.74, 6) is 0. The summed E-state index contributed by atoms with van der Waals surface area (Å²) in [6.07, 6.45) is 4.55. The van der Waals surface area contributed by atoms with Crippen LogP contribution in [0.4, 0.5) is 4.79 Å². The highest BCUT2D eigenvalue weighted by Crippen LogP contribution is 2.25. The van der Waals surface area contributed by atoms with E-state index in [1.54, 1.807) is 0 Å². The maximum Gasteiger partial charge on any atom is 0.410 e. The summed E-state index contributed by atoms with van der Waals surface area (Å²) in [4.78, 5) is 13.9. The Kier molecular flexibility index (Phi) is 3.85. The van der Waals surface area contributed by atoms with Crippen molar-refractivity contribution in [3.63, 3.8) is 0 Å². The molecule has 4 nitrogen and oxygen atoms in total. The van der Waals surface area contributed by atoms with Crippen molar-refractivity contribution in [2.24, 2.45) is 0 Å². The molecular formula is C14H26N2O2. The number of nitrogens with zero attached hydrogens (tertiary/aromatic N) is 1. The molecule has 1 amide bonds. The van der Waals surface area contributed by atoms with Crippen LogP contribution < -0.4 is 5.32 Å². The summed E-state index contributed by atoms with van der Waals surface area (Å²) in [6, 6.07) is 1.59. The van der Waals surface area contributed by atoms with Crippen LogP contribution in [0, 0.1) is 0 Å². The Bertz CT molecular complexity index is 307. The molecule has 2 aliphatic rings. The van der Waals surface area contributed by atoms with Crippen LogP contribution in [0.1, 0.15) is 53.4 Å². The lowest BCUT2D eigenvalue weighted by Gasteiger charge is -2.38. The second-order valence-electron chi connectivity index (χ2n) is 6.68. The molecule has 0 aromatic heterocycles. The Morgan fingerprint density at radius 3 is 2.39 bits per heavy atom. The molecular weight excluding hydrogens is 228 g/mol. The van der Waals surface area contributed by atoms with Crippen molar-refractivity contribution in [3.8, 4) is 0 Å². The van der Waals surface area contributed by atoms with Crippen LogP contribution in [0.3, 0.4) is 0 Å². The van der Waals surface area contributed by atoms with Crippen molar-refractivity contribution in [2.45, 2.75) is 77.1 Å². The summed E-state index contributed by atoms with van der Waals surface area (Å²) >= 11 is 0. The Balaban J connectivity index is 1.82. The van der Waals surface area contributed by atoms with Gasteiger partial charge in [0.05, 0.1) is 0 Å². The lowest BCUT2D eigenvalue weighted by atomic mass is 9.98. The standard InChI is InChI=1S/C14H26N2O2/c1-10-9-12(15-11-5-6-11)7-8-16(10)13(17)18-14(2,3)4/h10-12,15H,5-9H2,1-4H3/t10-,12-/m0/s1. The number of rotatable bonds is 2. The normalized spacial score (nSPS) is 29.2. The molecule has 1 saturated carbocycles. The van der Waals surface area contributed by atoms with Crippen molar-refractivity contribution in [2.75, 3.05) is 6.54 Å². The largest absolute Gasteiger partial charge is 0.444 e. The van der Waals surface area contributed by atoms with E-state index in [4.69, 9.17) is 4.74 Å². The number of amides is 1. The number of ether oxygens (including phenoxy) is 1. The van der Waals surface area contributed by atoms with E-state index in [2.05, 4.69) is 12.2 Å². The number of hydrogen-bond donors (Lipinski definition) is 1. The van der Waals surface area contributed by atoms with Crippen molar-refractivity contribution in [1.29, 1.82) is 0 Å². The molecule has 1 aliphatic heterocycles. The second kappa shape index (κ2) is 5.08. The minimum Gasteiger partial charge on any atom is -0.444 e. The quantitative estimate of drug-likeness (QED) is 0.823. The smallest absolute Gasteiger partial charge is 0.410 e. The lowest BCUT2D eigenvalue weighted by molar-refractivity contribution is 0.00934. The zero-order valence-corrected chi connectivity index (χ0v) is 12.0. The number of nitrogens with one attached hydrogen (secondary N) is 1. The molecule has 18 heavy (non-hydrogen) atoms. The van der Waals surface area contributed by atoms with Gasteiger partial charge in [-0.3, -0.25) is 0 Å². The first-order valence-electron chi connectivity index (χ1n) is 7.11. The average Bonchev–Trinajstić information content (AvgIpc) is 2.98. The van der Waals surface area contributed by atoms with Crippen molar-refractivity contribution < 1.29 is 9.53 Å². The Labute approximate surface area is 110 Å². The molecule has 0 radical (unpaired) electrons. The van der Waals surface area contributed by atoms with Crippen molar-refractivity contribution in [3.05, 3.63) is 0 Å². The van der Waals surface area contributed by atoms with Gasteiger partial charge in [-0.05, 0) is 53.4 Å². The fourth-order valence-corrected chi connectivity index (χ4v) is 2.50. The third kappa shape index (κ3) is 3.87. The molecule has 4 heteroatoms. The third-order valence-electron chi connectivity index (χ3n) is 3.55. The number of likely N-dealkylation sites (tertiary alicyclic amines) is 1. The summed E-state index contributed by atoms with van der Waals surface area (Å²) in [7, 11) is 0. The van der Waals surface area contributed by atoms with Gasteiger partial charge in [0.2, 0.25) is 0 Å². The molecule has 2 rings (SSSR count). The molecule has 1 N–H and O–H groups in total. The summed E-state index contributed by atoms with van der Waals surface area (Å²) in [6.45, 7) is 8.66. The lowest BCUT2D eigenvalue weighted by Crippen LogP contribution is -2.51. The first-order valence-corrected chi connectivity index (χ1v) is 7.11. The molecule has 1 saturated heterocycles. The van der Waals surface area contributed by atoms with Crippen molar-refractivity contribution >= 4 is 6.09 Å². The molecule has 2 atom stereocenters. The van der Waals surface area contributed by atoms with E-state index in [1.165, 1.54) is 12.8 Å². The Hall–Kier alpha value is -0.770. The first kappa shape index (κ1) is 13.7. The minimum absolute atomic E-state index is 0.167. The van der Waals surface area contributed by atoms with E-state index >= 15 is 0 Å². The fourth-order valence-electron chi connectivity index (χ4n) is 2.50. The first-order chi connectivity index (χ1) is 8.35. The maximum atomic E-state index is 12.0. The van der Waals surface area contributed by atoms with Gasteiger partial charge in [0.15, 0.2) is 0 Å². The molecule has 104 valence electrons. The predicted octanol–water partition coefficient (Wildman–Crippen LogP) is 2.53. The van der Waals surface area contributed by atoms with Crippen LogP contribution in [0.15, 0.2) is 0 Å². The van der Waals surface area contributed by atoms with Gasteiger partial charge in [-0.2, -0.15) is 0 Å². The van der Waals surface area contributed by atoms with Gasteiger partial charge in [0, 0.05) is 24.7 Å². The number of hydrogen-bond acceptors (Lipinski definition) is 3. The van der Waals surface area contributed by atoms with E-state index in [-0.39, 0.29) is 12.1 Å². The van der Waals surface area contributed by atoms with Gasteiger partial charge in [0.1, 0.15) is 5.60 Å². The zero-order chi connectivity index (χ0) is 13.3. The maximum absolute atomic E-state index is 12.0. The van der Waals surface area contributed by atoms with E-state index in [1.807, 2.05) is 25.7 Å². The molecule has 0 spiro atoms. The van der Waals surface area contributed by atoms with Crippen LogP contribution in [-0.4, -0.2) is 41.3 Å². The number of carbonyl (C=O) groups excluding carboxylic acids is 1. The average molecular weight is 254 g/mol. The second-order valence-corrected chi connectivity index (χ2v) is 6.68. The SMILES string of the molecule is C[C@H]1C[C@@H](NC2CC2)CCN1C(=O)OC(C)(C)C. The number of carbonyl (C=O) groups is 1. The molecule has 2 fully saturated rings. The van der Waals surface area contributed by atoms with E-state index in [0.717, 1.165) is 25.4 Å². The molecule has 0 bridgehead atoms. The Morgan fingerprint density at radius 2 is 1.89 bits per heavy atom. The highest BCUT2D eigenvalue weighted by atomic mass is 16.6. The van der Waals surface area contributed by atoms with E-state index < -0.39 is 5.60 Å². The van der Waals surface area contributed by atoms with Gasteiger partial charge in [0.25, 0.3) is 0 Å². The van der Waals surface area contributed by atoms with Crippen LogP contribution in [0.25, 0.3) is 0 Å². The molecule has 0 aromatic carbocycles. The Morgan fingerprint density at radius 1 is 1.22 bits per heavy atom. The van der Waals surface area contributed by atoms with Crippen LogP contribution in [0.5, 0.6) is 0 Å². The predicted molar refractivity (Wildman–Crippen MR) is 71.6 cm³/mol. The minimum atomic E-state index is -0.403. The number of piperidine rings is 1. The summed E-state index contributed by atoms with van der Waals surface area (Å²) < 4.78 is 5.44. The van der Waals surface area contributed by atoms with Gasteiger partial charge in [-0.25, -0.2) is 4.79 Å². The molecule has 1 aliphatic carbocycles. The summed E-state index contributed by atoms with van der Waals surface area (Å²) in [5, 5.41) is 3.65. The highest BCUT2D eigenvalue weighted by molar-refractivity contribution is 5.68. The van der Waals surface area contributed by atoms with Gasteiger partial charge < -0.3 is 15.0 Å². The topological polar surface area (TPSA) is 41.6 Å². The molecule has 0 aromatic rings. The zero-order valence-electron chi connectivity index (χ0n) is 12.0. The van der Waals surface area contributed by atoms with Gasteiger partial charge in [-0.15, -0.1) is 0 Å². The molecule has 0 unspecified atom stereocenters. The fraction of sp³-hybridized carbons (Fsp3) is 0.929. The van der Waals surface area contributed by atoms with Crippen LogP contribution in [0.2, 0.25) is 0 Å². The van der Waals surface area contributed by atoms with E-state index in [9.17, 15) is 4.79 Å². The van der Waals surface area contributed by atoms with Gasteiger partial charge >= 0.3 is 6.09 Å². The van der Waals surface area contributed by atoms with E-state index in [0.29, 0.717) is 6.04 Å². The van der Waals surface area contributed by atoms with Gasteiger partial charge in [-0.1, -0.05) is 0 Å². The summed E-state index contributed by atoms with van der Waals surface area (Å²) in [5.41, 5.74) is -0.403. The van der Waals surface area contributed by atoms with Crippen LogP contribution >= 0.6 is 0 Å².